The lowest BCUT2D eigenvalue weighted by atomic mass is 9.75. The van der Waals surface area contributed by atoms with E-state index >= 15 is 0 Å². The van der Waals surface area contributed by atoms with Gasteiger partial charge in [-0.25, -0.2) is 18.2 Å². The van der Waals surface area contributed by atoms with Gasteiger partial charge in [-0.3, -0.25) is 5.73 Å². The summed E-state index contributed by atoms with van der Waals surface area (Å²) in [5, 5.41) is -0.439. The molecule has 1 aliphatic carbocycles. The number of hydrogen-bond donors (Lipinski definition) is 1. The average Bonchev–Trinajstić information content (AvgIpc) is 2.93. The Hall–Kier alpha value is -1.85. The normalized spacial score (nSPS) is 25.4. The molecule has 1 saturated carbocycles. The van der Waals surface area contributed by atoms with Gasteiger partial charge in [-0.1, -0.05) is 32.1 Å². The van der Waals surface area contributed by atoms with Gasteiger partial charge in [0.05, 0.1) is 19.0 Å². The number of carbonyl (C=O) groups excluding carboxylic acids is 1. The van der Waals surface area contributed by atoms with E-state index in [1.807, 2.05) is 0 Å². The number of nitrogens with zero attached hydrogens (tertiary/aromatic N) is 3. The van der Waals surface area contributed by atoms with Crippen molar-refractivity contribution in [1.29, 1.82) is 0 Å². The van der Waals surface area contributed by atoms with E-state index in [0.717, 1.165) is 50.4 Å². The summed E-state index contributed by atoms with van der Waals surface area (Å²) < 4.78 is 104. The van der Waals surface area contributed by atoms with Crippen molar-refractivity contribution in [2.24, 2.45) is 23.5 Å². The monoisotopic (exact) mass is 612 g/mol. The minimum absolute atomic E-state index is 0.000405. The highest BCUT2D eigenvalue weighted by molar-refractivity contribution is 7.91. The molecule has 0 radical (unpaired) electrons. The molecule has 3 heterocycles. The highest BCUT2D eigenvalue weighted by atomic mass is 32.2. The lowest BCUT2D eigenvalue weighted by molar-refractivity contribution is -0.205. The van der Waals surface area contributed by atoms with Crippen molar-refractivity contribution in [2.75, 3.05) is 45.1 Å². The minimum Gasteiger partial charge on any atom is -0.436 e. The van der Waals surface area contributed by atoms with E-state index < -0.39 is 55.1 Å². The smallest absolute Gasteiger partial charge is 0.436 e. The van der Waals surface area contributed by atoms with Gasteiger partial charge < -0.3 is 9.47 Å². The predicted octanol–water partition coefficient (Wildman–Crippen LogP) is 2.01. The Morgan fingerprint density at radius 3 is 2.40 bits per heavy atom. The number of aromatic nitrogens is 1. The van der Waals surface area contributed by atoms with Gasteiger partial charge in [-0.2, -0.15) is 30.2 Å². The molecule has 3 aliphatic rings. The SMILES string of the molecule is NC(OC(=O)C(F)(F)F)c1ccnc(S(=O)(=O)CC2CC(C3CCCCC3)CN(S(=O)(=O)N3CCOCC3)C2)c1. The third-order valence-corrected chi connectivity index (χ3v) is 11.5. The Kier molecular flexibility index (Phi) is 9.77. The van der Waals surface area contributed by atoms with E-state index in [2.05, 4.69) is 9.72 Å². The number of hydrogen-bond acceptors (Lipinski definition) is 9. The Bertz CT molecular complexity index is 1250. The van der Waals surface area contributed by atoms with Crippen LogP contribution in [0.5, 0.6) is 0 Å². The molecule has 3 atom stereocenters. The van der Waals surface area contributed by atoms with Gasteiger partial charge in [0.15, 0.2) is 21.1 Å². The van der Waals surface area contributed by atoms with E-state index in [1.165, 1.54) is 8.61 Å². The molecule has 1 aromatic heterocycles. The van der Waals surface area contributed by atoms with Crippen molar-refractivity contribution in [3.63, 3.8) is 0 Å². The Balaban J connectivity index is 1.53. The first-order valence-electron chi connectivity index (χ1n) is 13.3. The number of nitrogens with two attached hydrogens (primary N) is 1. The third kappa shape index (κ3) is 7.50. The molecular weight excluding hydrogens is 577 g/mol. The molecule has 2 saturated heterocycles. The van der Waals surface area contributed by atoms with Crippen LogP contribution < -0.4 is 5.73 Å². The van der Waals surface area contributed by atoms with Crippen molar-refractivity contribution in [1.82, 2.24) is 13.6 Å². The number of ether oxygens (including phenoxy) is 2. The number of morpholine rings is 1. The van der Waals surface area contributed by atoms with Gasteiger partial charge in [0, 0.05) is 37.9 Å². The van der Waals surface area contributed by atoms with E-state index in [-0.39, 0.29) is 31.1 Å². The molecule has 0 bridgehead atoms. The number of esters is 1. The zero-order valence-electron chi connectivity index (χ0n) is 22.0. The third-order valence-electron chi connectivity index (χ3n) is 7.80. The van der Waals surface area contributed by atoms with Gasteiger partial charge in [-0.05, 0) is 36.3 Å². The summed E-state index contributed by atoms with van der Waals surface area (Å²) in [4.78, 5) is 15.0. The second-order valence-corrected chi connectivity index (χ2v) is 14.5. The molecule has 226 valence electrons. The maximum atomic E-state index is 13.5. The van der Waals surface area contributed by atoms with Gasteiger partial charge in [0.25, 0.3) is 10.2 Å². The molecule has 0 aromatic carbocycles. The molecule has 11 nitrogen and oxygen atoms in total. The molecule has 3 unspecified atom stereocenters. The molecule has 0 amide bonds. The summed E-state index contributed by atoms with van der Waals surface area (Å²) in [5.74, 6) is -3.13. The standard InChI is InChI=1S/C24H35F3N4O7S2/c25-24(26,27)23(32)38-22(28)19-6-7-29-21(13-19)39(33,34)16-17-12-20(18-4-2-1-3-5-18)15-31(14-17)40(35,36)30-8-10-37-11-9-30/h6-7,13,17-18,20,22H,1-5,8-12,14-16,28H2. The van der Waals surface area contributed by atoms with Crippen LogP contribution in [-0.4, -0.2) is 87.7 Å². The van der Waals surface area contributed by atoms with Crippen LogP contribution in [0.25, 0.3) is 0 Å². The lowest BCUT2D eigenvalue weighted by Gasteiger charge is -2.43. The molecule has 40 heavy (non-hydrogen) atoms. The van der Waals surface area contributed by atoms with Crippen LogP contribution in [0.2, 0.25) is 0 Å². The predicted molar refractivity (Wildman–Crippen MR) is 136 cm³/mol. The fourth-order valence-corrected chi connectivity index (χ4v) is 9.10. The summed E-state index contributed by atoms with van der Waals surface area (Å²) in [6.07, 6.45) is -0.368. The average molecular weight is 613 g/mol. The first-order chi connectivity index (χ1) is 18.8. The summed E-state index contributed by atoms with van der Waals surface area (Å²) in [6, 6.07) is 2.14. The van der Waals surface area contributed by atoms with Crippen molar-refractivity contribution in [2.45, 2.75) is 56.0 Å². The fraction of sp³-hybridized carbons (Fsp3) is 0.750. The molecule has 2 N–H and O–H groups in total. The highest BCUT2D eigenvalue weighted by Crippen LogP contribution is 2.38. The van der Waals surface area contributed by atoms with Gasteiger partial charge in [0.2, 0.25) is 0 Å². The van der Waals surface area contributed by atoms with Crippen LogP contribution in [0, 0.1) is 17.8 Å². The number of halogens is 3. The van der Waals surface area contributed by atoms with Crippen LogP contribution in [-0.2, 0) is 34.3 Å². The zero-order valence-corrected chi connectivity index (χ0v) is 23.6. The number of pyridine rings is 1. The van der Waals surface area contributed by atoms with Gasteiger partial charge >= 0.3 is 12.1 Å². The van der Waals surface area contributed by atoms with Crippen LogP contribution in [0.15, 0.2) is 23.4 Å². The van der Waals surface area contributed by atoms with Crippen LogP contribution in [0.1, 0.15) is 50.3 Å². The molecule has 1 aromatic rings. The number of alkyl halides is 3. The molecule has 2 aliphatic heterocycles. The lowest BCUT2D eigenvalue weighted by Crippen LogP contribution is -2.54. The highest BCUT2D eigenvalue weighted by Gasteiger charge is 2.43. The van der Waals surface area contributed by atoms with Crippen LogP contribution in [0.4, 0.5) is 13.2 Å². The summed E-state index contributed by atoms with van der Waals surface area (Å²) >= 11 is 0. The van der Waals surface area contributed by atoms with E-state index in [4.69, 9.17) is 10.5 Å². The van der Waals surface area contributed by atoms with Crippen LogP contribution in [0.3, 0.4) is 0 Å². The quantitative estimate of drug-likeness (QED) is 0.344. The Morgan fingerprint density at radius 2 is 1.75 bits per heavy atom. The van der Waals surface area contributed by atoms with Gasteiger partial charge in [-0.15, -0.1) is 0 Å². The Labute approximate surface area is 232 Å². The van der Waals surface area contributed by atoms with Gasteiger partial charge in [0.1, 0.15) is 0 Å². The van der Waals surface area contributed by atoms with E-state index in [0.29, 0.717) is 32.1 Å². The number of rotatable bonds is 8. The van der Waals surface area contributed by atoms with Crippen LogP contribution >= 0.6 is 0 Å². The minimum atomic E-state index is -5.26. The van der Waals surface area contributed by atoms with E-state index in [9.17, 15) is 34.8 Å². The summed E-state index contributed by atoms with van der Waals surface area (Å²) in [6.45, 7) is 1.38. The molecule has 0 spiro atoms. The maximum absolute atomic E-state index is 13.5. The maximum Gasteiger partial charge on any atom is 0.490 e. The topological polar surface area (TPSA) is 149 Å². The zero-order chi connectivity index (χ0) is 29.1. The first-order valence-corrected chi connectivity index (χ1v) is 16.4. The molecular formula is C24H35F3N4O7S2. The fourth-order valence-electron chi connectivity index (χ4n) is 5.82. The van der Waals surface area contributed by atoms with Crippen molar-refractivity contribution in [3.05, 3.63) is 23.9 Å². The number of piperidine rings is 1. The molecule has 3 fully saturated rings. The summed E-state index contributed by atoms with van der Waals surface area (Å²) in [5.41, 5.74) is 5.40. The number of carbonyl (C=O) groups is 1. The first kappa shape index (κ1) is 31.1. The van der Waals surface area contributed by atoms with Crippen molar-refractivity contribution >= 4 is 26.0 Å². The molecule has 16 heteroatoms. The van der Waals surface area contributed by atoms with Crippen molar-refractivity contribution in [3.8, 4) is 0 Å². The second-order valence-electron chi connectivity index (χ2n) is 10.6. The summed E-state index contributed by atoms with van der Waals surface area (Å²) in [7, 11) is -7.94. The Morgan fingerprint density at radius 1 is 1.07 bits per heavy atom. The largest absolute Gasteiger partial charge is 0.490 e. The van der Waals surface area contributed by atoms with Crippen molar-refractivity contribution < 1.29 is 44.3 Å². The number of sulfone groups is 1. The second kappa shape index (κ2) is 12.6. The molecule has 4 rings (SSSR count). The van der Waals surface area contributed by atoms with E-state index in [1.54, 1.807) is 0 Å².